The Morgan fingerprint density at radius 3 is 2.59 bits per heavy atom. The monoisotopic (exact) mass is 233 g/mol. The maximum atomic E-state index is 11.6. The number of rotatable bonds is 2. The fraction of sp³-hybridized carbons (Fsp3) is 0.250. The Morgan fingerprint density at radius 2 is 2.00 bits per heavy atom. The van der Waals surface area contributed by atoms with Crippen LogP contribution in [0.1, 0.15) is 21.5 Å². The fourth-order valence-corrected chi connectivity index (χ4v) is 2.08. The van der Waals surface area contributed by atoms with Crippen molar-refractivity contribution < 1.29 is 19.5 Å². The van der Waals surface area contributed by atoms with E-state index in [9.17, 15) is 14.4 Å². The van der Waals surface area contributed by atoms with Crippen LogP contribution in [0.3, 0.4) is 0 Å². The van der Waals surface area contributed by atoms with Crippen LogP contribution in [-0.2, 0) is 16.0 Å². The van der Waals surface area contributed by atoms with E-state index in [2.05, 4.69) is 0 Å². The van der Waals surface area contributed by atoms with Gasteiger partial charge in [-0.15, -0.1) is 0 Å². The van der Waals surface area contributed by atoms with Crippen LogP contribution in [0, 0.1) is 6.92 Å². The van der Waals surface area contributed by atoms with E-state index < -0.39 is 11.8 Å². The molecule has 0 atom stereocenters. The number of benzene rings is 1. The largest absolute Gasteiger partial charge is 0.475 e. The minimum absolute atomic E-state index is 0.0841. The standard InChI is InChI=1S/C12H11NO4/c1-6-3-7-5-9(14)13(2)10(7)8(4-6)11(15)12(16)17/h3-4H,5H2,1-2H3,(H,16,17). The van der Waals surface area contributed by atoms with Crippen LogP contribution in [0.5, 0.6) is 0 Å². The van der Waals surface area contributed by atoms with E-state index in [-0.39, 0.29) is 17.9 Å². The van der Waals surface area contributed by atoms with Gasteiger partial charge in [-0.05, 0) is 24.1 Å². The van der Waals surface area contributed by atoms with Gasteiger partial charge in [0, 0.05) is 7.05 Å². The molecule has 1 aliphatic heterocycles. The predicted octanol–water partition coefficient (Wildman–Crippen LogP) is 0.781. The number of carboxylic acid groups (broad SMARTS) is 1. The molecule has 88 valence electrons. The molecule has 1 N–H and O–H groups in total. The lowest BCUT2D eigenvalue weighted by Gasteiger charge is -2.14. The van der Waals surface area contributed by atoms with E-state index in [0.717, 1.165) is 5.56 Å². The summed E-state index contributed by atoms with van der Waals surface area (Å²) in [4.78, 5) is 35.2. The minimum Gasteiger partial charge on any atom is -0.475 e. The molecule has 0 radical (unpaired) electrons. The number of aryl methyl sites for hydroxylation is 1. The summed E-state index contributed by atoms with van der Waals surface area (Å²) in [5, 5.41) is 8.76. The number of amides is 1. The van der Waals surface area contributed by atoms with Gasteiger partial charge in [-0.2, -0.15) is 0 Å². The Morgan fingerprint density at radius 1 is 1.35 bits per heavy atom. The van der Waals surface area contributed by atoms with Crippen LogP contribution < -0.4 is 4.90 Å². The average Bonchev–Trinajstić information content (AvgIpc) is 2.52. The Hall–Kier alpha value is -2.17. The van der Waals surface area contributed by atoms with Gasteiger partial charge >= 0.3 is 5.97 Å². The number of hydrogen-bond donors (Lipinski definition) is 1. The molecule has 1 heterocycles. The van der Waals surface area contributed by atoms with Crippen molar-refractivity contribution in [3.8, 4) is 0 Å². The predicted molar refractivity (Wildman–Crippen MR) is 60.3 cm³/mol. The molecular weight excluding hydrogens is 222 g/mol. The van der Waals surface area contributed by atoms with Gasteiger partial charge in [0.15, 0.2) is 0 Å². The van der Waals surface area contributed by atoms with Crippen LogP contribution in [-0.4, -0.2) is 29.8 Å². The number of carbonyl (C=O) groups is 3. The van der Waals surface area contributed by atoms with Crippen LogP contribution in [0.4, 0.5) is 5.69 Å². The number of anilines is 1. The quantitative estimate of drug-likeness (QED) is 0.605. The molecule has 0 saturated carbocycles. The third-order valence-corrected chi connectivity index (χ3v) is 2.82. The number of hydrogen-bond acceptors (Lipinski definition) is 3. The first-order chi connectivity index (χ1) is 7.91. The summed E-state index contributed by atoms with van der Waals surface area (Å²) in [6.07, 6.45) is 0.216. The van der Waals surface area contributed by atoms with Gasteiger partial charge in [-0.3, -0.25) is 9.59 Å². The first kappa shape index (κ1) is 11.3. The Bertz CT molecular complexity index is 548. The van der Waals surface area contributed by atoms with Gasteiger partial charge in [-0.1, -0.05) is 6.07 Å². The van der Waals surface area contributed by atoms with E-state index in [1.807, 2.05) is 0 Å². The highest BCUT2D eigenvalue weighted by Gasteiger charge is 2.31. The zero-order valence-corrected chi connectivity index (χ0v) is 9.48. The summed E-state index contributed by atoms with van der Waals surface area (Å²) >= 11 is 0. The second kappa shape index (κ2) is 3.69. The third-order valence-electron chi connectivity index (χ3n) is 2.82. The number of aliphatic carboxylic acids is 1. The van der Waals surface area contributed by atoms with Crippen molar-refractivity contribution in [1.29, 1.82) is 0 Å². The highest BCUT2D eigenvalue weighted by atomic mass is 16.4. The van der Waals surface area contributed by atoms with Crippen molar-refractivity contribution >= 4 is 23.3 Å². The summed E-state index contributed by atoms with van der Waals surface area (Å²) < 4.78 is 0. The summed E-state index contributed by atoms with van der Waals surface area (Å²) in [6.45, 7) is 1.77. The second-order valence-electron chi connectivity index (χ2n) is 4.08. The van der Waals surface area contributed by atoms with Crippen LogP contribution in [0.25, 0.3) is 0 Å². The zero-order chi connectivity index (χ0) is 12.7. The minimum atomic E-state index is -1.51. The molecule has 0 fully saturated rings. The fourth-order valence-electron chi connectivity index (χ4n) is 2.08. The summed E-state index contributed by atoms with van der Waals surface area (Å²) in [6, 6.07) is 3.31. The van der Waals surface area contributed by atoms with E-state index in [1.54, 1.807) is 20.0 Å². The van der Waals surface area contributed by atoms with Crippen molar-refractivity contribution in [3.63, 3.8) is 0 Å². The average molecular weight is 233 g/mol. The number of fused-ring (bicyclic) bond motifs is 1. The number of carboxylic acids is 1. The summed E-state index contributed by atoms with van der Waals surface area (Å²) in [5.41, 5.74) is 1.99. The number of likely N-dealkylation sites (N-methyl/N-ethyl adjacent to an activating group) is 1. The molecule has 0 aromatic heterocycles. The van der Waals surface area contributed by atoms with E-state index >= 15 is 0 Å². The highest BCUT2D eigenvalue weighted by molar-refractivity contribution is 6.41. The first-order valence-electron chi connectivity index (χ1n) is 5.09. The van der Waals surface area contributed by atoms with E-state index in [4.69, 9.17) is 5.11 Å². The normalized spacial score (nSPS) is 13.8. The van der Waals surface area contributed by atoms with Crippen molar-refractivity contribution in [2.24, 2.45) is 0 Å². The number of carbonyl (C=O) groups excluding carboxylic acids is 2. The Labute approximate surface area is 97.7 Å². The molecule has 17 heavy (non-hydrogen) atoms. The summed E-state index contributed by atoms with van der Waals surface area (Å²) in [5.74, 6) is -2.62. The van der Waals surface area contributed by atoms with E-state index in [0.29, 0.717) is 11.3 Å². The molecule has 1 aromatic rings. The topological polar surface area (TPSA) is 74.7 Å². The van der Waals surface area contributed by atoms with Gasteiger partial charge in [0.2, 0.25) is 5.91 Å². The van der Waals surface area contributed by atoms with Crippen molar-refractivity contribution in [2.45, 2.75) is 13.3 Å². The zero-order valence-electron chi connectivity index (χ0n) is 9.48. The molecule has 0 unspecified atom stereocenters. The lowest BCUT2D eigenvalue weighted by Crippen LogP contribution is -2.24. The molecule has 0 aliphatic carbocycles. The van der Waals surface area contributed by atoms with Crippen LogP contribution in [0.15, 0.2) is 12.1 Å². The molecule has 5 heteroatoms. The number of Topliss-reactive ketones (excluding diaryl/α,β-unsaturated/α-hetero) is 1. The van der Waals surface area contributed by atoms with Gasteiger partial charge in [0.25, 0.3) is 5.78 Å². The molecule has 1 aliphatic rings. The summed E-state index contributed by atoms with van der Waals surface area (Å²) in [7, 11) is 1.54. The van der Waals surface area contributed by atoms with Gasteiger partial charge in [-0.25, -0.2) is 4.79 Å². The van der Waals surface area contributed by atoms with E-state index in [1.165, 1.54) is 11.0 Å². The molecule has 0 saturated heterocycles. The molecule has 0 spiro atoms. The van der Waals surface area contributed by atoms with Gasteiger partial charge in [0.1, 0.15) is 0 Å². The Kier molecular flexibility index (Phi) is 2.46. The molecule has 2 rings (SSSR count). The maximum Gasteiger partial charge on any atom is 0.377 e. The first-order valence-corrected chi connectivity index (χ1v) is 5.09. The van der Waals surface area contributed by atoms with Crippen molar-refractivity contribution in [2.75, 3.05) is 11.9 Å². The van der Waals surface area contributed by atoms with Crippen molar-refractivity contribution in [3.05, 3.63) is 28.8 Å². The van der Waals surface area contributed by atoms with Crippen LogP contribution >= 0.6 is 0 Å². The van der Waals surface area contributed by atoms with Crippen LogP contribution in [0.2, 0.25) is 0 Å². The molecule has 0 bridgehead atoms. The lowest BCUT2D eigenvalue weighted by atomic mass is 10.0. The van der Waals surface area contributed by atoms with Gasteiger partial charge < -0.3 is 10.0 Å². The smallest absolute Gasteiger partial charge is 0.377 e. The molecule has 1 amide bonds. The third kappa shape index (κ3) is 1.69. The van der Waals surface area contributed by atoms with Crippen molar-refractivity contribution in [1.82, 2.24) is 0 Å². The number of ketones is 1. The number of nitrogens with zero attached hydrogens (tertiary/aromatic N) is 1. The molecule has 1 aromatic carbocycles. The second-order valence-corrected chi connectivity index (χ2v) is 4.08. The molecular formula is C12H11NO4. The lowest BCUT2D eigenvalue weighted by molar-refractivity contribution is -0.131. The maximum absolute atomic E-state index is 11.6. The Balaban J connectivity index is 2.66. The SMILES string of the molecule is Cc1cc2c(c(C(=O)C(=O)O)c1)N(C)C(=O)C2. The van der Waals surface area contributed by atoms with Gasteiger partial charge in [0.05, 0.1) is 17.7 Å². The molecule has 5 nitrogen and oxygen atoms in total. The highest BCUT2D eigenvalue weighted by Crippen LogP contribution is 2.33.